The molecule has 0 unspecified atom stereocenters. The van der Waals surface area contributed by atoms with Crippen molar-refractivity contribution in [1.82, 2.24) is 14.9 Å². The van der Waals surface area contributed by atoms with Gasteiger partial charge in [-0.25, -0.2) is 4.98 Å². The maximum Gasteiger partial charge on any atom is 0.247 e. The highest BCUT2D eigenvalue weighted by molar-refractivity contribution is 5.90. The quantitative estimate of drug-likeness (QED) is 0.901. The summed E-state index contributed by atoms with van der Waals surface area (Å²) in [6, 6.07) is 1.93. The third kappa shape index (κ3) is 2.55. The van der Waals surface area contributed by atoms with Crippen LogP contribution in [0.15, 0.2) is 6.07 Å². The molecule has 0 radical (unpaired) electrons. The molecule has 1 aromatic heterocycles. The van der Waals surface area contributed by atoms with Crippen molar-refractivity contribution < 1.29 is 4.79 Å². The maximum atomic E-state index is 12.4. The zero-order valence-corrected chi connectivity index (χ0v) is 12.9. The minimum Gasteiger partial charge on any atom is -0.354 e. The number of nitrogens with one attached hydrogen (secondary N) is 1. The number of piperazine rings is 1. The predicted octanol–water partition coefficient (Wildman–Crippen LogP) is 1.27. The summed E-state index contributed by atoms with van der Waals surface area (Å²) in [6.07, 6.45) is 0. The highest BCUT2D eigenvalue weighted by Crippen LogP contribution is 2.28. The first-order valence-corrected chi connectivity index (χ1v) is 6.99. The lowest BCUT2D eigenvalue weighted by molar-refractivity contribution is -0.136. The number of aryl methyl sites for hydroxylation is 1. The van der Waals surface area contributed by atoms with Crippen LogP contribution in [0.3, 0.4) is 0 Å². The second-order valence-electron chi connectivity index (χ2n) is 5.66. The van der Waals surface area contributed by atoms with Crippen LogP contribution in [0.4, 0.5) is 11.8 Å². The van der Waals surface area contributed by atoms with Crippen molar-refractivity contribution in [2.45, 2.75) is 33.2 Å². The van der Waals surface area contributed by atoms with E-state index >= 15 is 0 Å². The van der Waals surface area contributed by atoms with Crippen molar-refractivity contribution in [3.05, 3.63) is 11.8 Å². The molecule has 1 aromatic rings. The summed E-state index contributed by atoms with van der Waals surface area (Å²) in [5, 5.41) is 3.13. The fraction of sp³-hybridized carbons (Fsp3) is 0.643. The fourth-order valence-corrected chi connectivity index (χ4v) is 2.54. The molecule has 1 aliphatic rings. The van der Waals surface area contributed by atoms with Gasteiger partial charge < -0.3 is 15.1 Å². The summed E-state index contributed by atoms with van der Waals surface area (Å²) < 4.78 is 0. The minimum atomic E-state index is -0.586. The van der Waals surface area contributed by atoms with E-state index in [2.05, 4.69) is 20.2 Å². The number of anilines is 2. The Balaban J connectivity index is 2.37. The van der Waals surface area contributed by atoms with Gasteiger partial charge in [-0.2, -0.15) is 4.98 Å². The third-order valence-electron chi connectivity index (χ3n) is 3.66. The van der Waals surface area contributed by atoms with Gasteiger partial charge in [0, 0.05) is 38.4 Å². The van der Waals surface area contributed by atoms with Crippen molar-refractivity contribution in [1.29, 1.82) is 0 Å². The standard InChI is InChI=1S/C14H23N5O/c1-6-15-13-16-10(2)9-11(17-13)19-8-7-18(5)12(20)14(19,3)4/h9H,6-8H2,1-5H3,(H,15,16,17). The Morgan fingerprint density at radius 2 is 2.05 bits per heavy atom. The largest absolute Gasteiger partial charge is 0.354 e. The van der Waals surface area contributed by atoms with Crippen LogP contribution in [0.5, 0.6) is 0 Å². The molecule has 6 heteroatoms. The predicted molar refractivity (Wildman–Crippen MR) is 80.0 cm³/mol. The van der Waals surface area contributed by atoms with E-state index in [4.69, 9.17) is 0 Å². The molecule has 2 rings (SSSR count). The molecule has 6 nitrogen and oxygen atoms in total. The molecule has 2 heterocycles. The van der Waals surface area contributed by atoms with Gasteiger partial charge in [0.15, 0.2) is 0 Å². The zero-order chi connectivity index (χ0) is 14.9. The summed E-state index contributed by atoms with van der Waals surface area (Å²) >= 11 is 0. The molecule has 1 aliphatic heterocycles. The van der Waals surface area contributed by atoms with Crippen LogP contribution in [0, 0.1) is 6.92 Å². The monoisotopic (exact) mass is 277 g/mol. The van der Waals surface area contributed by atoms with Crippen LogP contribution in [-0.2, 0) is 4.79 Å². The van der Waals surface area contributed by atoms with E-state index in [9.17, 15) is 4.79 Å². The lowest BCUT2D eigenvalue weighted by Gasteiger charge is -2.45. The van der Waals surface area contributed by atoms with Crippen LogP contribution in [-0.4, -0.2) is 53.0 Å². The number of hydrogen-bond acceptors (Lipinski definition) is 5. The van der Waals surface area contributed by atoms with E-state index in [1.807, 2.05) is 40.8 Å². The van der Waals surface area contributed by atoms with E-state index in [-0.39, 0.29) is 5.91 Å². The smallest absolute Gasteiger partial charge is 0.247 e. The van der Waals surface area contributed by atoms with Crippen molar-refractivity contribution in [2.24, 2.45) is 0 Å². The number of aromatic nitrogens is 2. The molecule has 110 valence electrons. The molecule has 0 aliphatic carbocycles. The molecule has 1 amide bonds. The Kier molecular flexibility index (Phi) is 3.83. The second kappa shape index (κ2) is 5.26. The highest BCUT2D eigenvalue weighted by atomic mass is 16.2. The van der Waals surface area contributed by atoms with Gasteiger partial charge in [0.25, 0.3) is 0 Å². The Labute approximate surface area is 120 Å². The molecule has 0 saturated carbocycles. The average Bonchev–Trinajstić information content (AvgIpc) is 2.36. The number of likely N-dealkylation sites (N-methyl/N-ethyl adjacent to an activating group) is 1. The first kappa shape index (κ1) is 14.6. The third-order valence-corrected chi connectivity index (χ3v) is 3.66. The van der Waals surface area contributed by atoms with E-state index in [1.165, 1.54) is 0 Å². The number of nitrogens with zero attached hydrogens (tertiary/aromatic N) is 4. The molecule has 1 fully saturated rings. The summed E-state index contributed by atoms with van der Waals surface area (Å²) in [4.78, 5) is 25.1. The van der Waals surface area contributed by atoms with Gasteiger partial charge in [-0.3, -0.25) is 4.79 Å². The molecular formula is C14H23N5O. The molecule has 1 saturated heterocycles. The van der Waals surface area contributed by atoms with Gasteiger partial charge >= 0.3 is 0 Å². The summed E-state index contributed by atoms with van der Waals surface area (Å²) in [5.74, 6) is 1.54. The van der Waals surface area contributed by atoms with Gasteiger partial charge in [0.05, 0.1) is 0 Å². The lowest BCUT2D eigenvalue weighted by atomic mass is 9.98. The van der Waals surface area contributed by atoms with E-state index in [0.29, 0.717) is 12.5 Å². The van der Waals surface area contributed by atoms with Crippen molar-refractivity contribution in [3.8, 4) is 0 Å². The zero-order valence-electron chi connectivity index (χ0n) is 12.9. The average molecular weight is 277 g/mol. The number of amides is 1. The summed E-state index contributed by atoms with van der Waals surface area (Å²) in [6.45, 7) is 10.1. The van der Waals surface area contributed by atoms with Crippen molar-refractivity contribution in [2.75, 3.05) is 36.9 Å². The maximum absolute atomic E-state index is 12.4. The van der Waals surface area contributed by atoms with E-state index in [1.54, 1.807) is 4.90 Å². The van der Waals surface area contributed by atoms with Crippen LogP contribution in [0.2, 0.25) is 0 Å². The molecule has 0 bridgehead atoms. The topological polar surface area (TPSA) is 61.4 Å². The van der Waals surface area contributed by atoms with Gasteiger partial charge in [0.1, 0.15) is 11.4 Å². The molecule has 20 heavy (non-hydrogen) atoms. The van der Waals surface area contributed by atoms with Gasteiger partial charge in [-0.05, 0) is 27.7 Å². The van der Waals surface area contributed by atoms with Crippen LogP contribution in [0.1, 0.15) is 26.5 Å². The van der Waals surface area contributed by atoms with Gasteiger partial charge in [0.2, 0.25) is 11.9 Å². The second-order valence-corrected chi connectivity index (χ2v) is 5.66. The summed E-state index contributed by atoms with van der Waals surface area (Å²) in [5.41, 5.74) is 0.310. The summed E-state index contributed by atoms with van der Waals surface area (Å²) in [7, 11) is 1.84. The first-order valence-electron chi connectivity index (χ1n) is 6.99. The molecule has 1 N–H and O–H groups in total. The van der Waals surface area contributed by atoms with Gasteiger partial charge in [-0.1, -0.05) is 0 Å². The van der Waals surface area contributed by atoms with Crippen LogP contribution < -0.4 is 10.2 Å². The molecule has 0 aromatic carbocycles. The Hall–Kier alpha value is -1.85. The van der Waals surface area contributed by atoms with E-state index < -0.39 is 5.54 Å². The Bertz CT molecular complexity index is 514. The highest BCUT2D eigenvalue weighted by Gasteiger charge is 2.41. The number of rotatable bonds is 3. The molecule has 0 spiro atoms. The first-order chi connectivity index (χ1) is 9.36. The lowest BCUT2D eigenvalue weighted by Crippen LogP contribution is -2.62. The van der Waals surface area contributed by atoms with Crippen LogP contribution in [0.25, 0.3) is 0 Å². The SMILES string of the molecule is CCNc1nc(C)cc(N2CCN(C)C(=O)C2(C)C)n1. The van der Waals surface area contributed by atoms with Crippen molar-refractivity contribution >= 4 is 17.7 Å². The Morgan fingerprint density at radius 3 is 2.70 bits per heavy atom. The molecule has 0 atom stereocenters. The molecular weight excluding hydrogens is 254 g/mol. The van der Waals surface area contributed by atoms with Gasteiger partial charge in [-0.15, -0.1) is 0 Å². The number of carbonyl (C=O) groups excluding carboxylic acids is 1. The number of carbonyl (C=O) groups is 1. The fourth-order valence-electron chi connectivity index (χ4n) is 2.54. The van der Waals surface area contributed by atoms with Crippen LogP contribution >= 0.6 is 0 Å². The minimum absolute atomic E-state index is 0.116. The normalized spacial score (nSPS) is 18.4. The van der Waals surface area contributed by atoms with Crippen molar-refractivity contribution in [3.63, 3.8) is 0 Å². The van der Waals surface area contributed by atoms with E-state index in [0.717, 1.165) is 24.6 Å². The Morgan fingerprint density at radius 1 is 1.35 bits per heavy atom. The number of hydrogen-bond donors (Lipinski definition) is 1.